The van der Waals surface area contributed by atoms with E-state index < -0.39 is 5.72 Å². The molecule has 11 heavy (non-hydrogen) atoms. The first-order valence-corrected chi connectivity index (χ1v) is 3.49. The summed E-state index contributed by atoms with van der Waals surface area (Å²) in [6.07, 6.45) is 0. The Kier molecular flexibility index (Phi) is 1.42. The van der Waals surface area contributed by atoms with E-state index in [4.69, 9.17) is 9.94 Å². The maximum absolute atomic E-state index is 8.92. The molecule has 1 atom stereocenters. The van der Waals surface area contributed by atoms with Crippen molar-refractivity contribution in [1.29, 1.82) is 0 Å². The van der Waals surface area contributed by atoms with E-state index in [9.17, 15) is 0 Å². The Morgan fingerprint density at radius 2 is 2.00 bits per heavy atom. The molecule has 0 radical (unpaired) electrons. The van der Waals surface area contributed by atoms with Crippen molar-refractivity contribution in [3.63, 3.8) is 0 Å². The van der Waals surface area contributed by atoms with E-state index >= 15 is 0 Å². The largest absolute Gasteiger partial charge is 0.391 e. The minimum absolute atomic E-state index is 0.0307. The van der Waals surface area contributed by atoms with Gasteiger partial charge in [0.15, 0.2) is 0 Å². The Morgan fingerprint density at radius 3 is 2.45 bits per heavy atom. The van der Waals surface area contributed by atoms with Crippen LogP contribution in [0, 0.1) is 0 Å². The van der Waals surface area contributed by atoms with E-state index in [2.05, 4.69) is 5.48 Å². The molecule has 1 aliphatic rings. The van der Waals surface area contributed by atoms with Crippen LogP contribution in [-0.4, -0.2) is 11.7 Å². The molecular formula is C8H9NO2. The quantitative estimate of drug-likeness (QED) is 0.600. The SMILES string of the molecule is OCC1(c2ccccc2)NO1. The molecular weight excluding hydrogens is 142 g/mol. The van der Waals surface area contributed by atoms with Gasteiger partial charge in [-0.05, 0) is 0 Å². The number of rotatable bonds is 2. The first-order valence-electron chi connectivity index (χ1n) is 3.49. The summed E-state index contributed by atoms with van der Waals surface area (Å²) < 4.78 is 0. The van der Waals surface area contributed by atoms with Gasteiger partial charge in [0.1, 0.15) is 0 Å². The highest BCUT2D eigenvalue weighted by atomic mass is 16.8. The van der Waals surface area contributed by atoms with Crippen molar-refractivity contribution >= 4 is 0 Å². The van der Waals surface area contributed by atoms with Gasteiger partial charge in [-0.25, -0.2) is 0 Å². The molecule has 1 aliphatic heterocycles. The van der Waals surface area contributed by atoms with Crippen molar-refractivity contribution < 1.29 is 9.94 Å². The van der Waals surface area contributed by atoms with Crippen LogP contribution in [0.2, 0.25) is 0 Å². The van der Waals surface area contributed by atoms with E-state index in [0.717, 1.165) is 5.56 Å². The predicted octanol–water partition coefficient (Wildman–Crippen LogP) is 0.366. The lowest BCUT2D eigenvalue weighted by atomic mass is 10.1. The highest BCUT2D eigenvalue weighted by molar-refractivity contribution is 5.24. The molecule has 1 fully saturated rings. The van der Waals surface area contributed by atoms with Crippen molar-refractivity contribution in [2.24, 2.45) is 0 Å². The van der Waals surface area contributed by atoms with Crippen LogP contribution in [-0.2, 0) is 10.6 Å². The lowest BCUT2D eigenvalue weighted by molar-refractivity contribution is 0.172. The monoisotopic (exact) mass is 151 g/mol. The van der Waals surface area contributed by atoms with Gasteiger partial charge in [-0.15, -0.1) is 0 Å². The fraction of sp³-hybridized carbons (Fsp3) is 0.250. The van der Waals surface area contributed by atoms with Crippen molar-refractivity contribution in [2.75, 3.05) is 6.61 Å². The third-order valence-corrected chi connectivity index (χ3v) is 1.81. The summed E-state index contributed by atoms with van der Waals surface area (Å²) in [5, 5.41) is 8.92. The van der Waals surface area contributed by atoms with E-state index in [1.165, 1.54) is 0 Å². The Morgan fingerprint density at radius 1 is 1.36 bits per heavy atom. The fourth-order valence-corrected chi connectivity index (χ4v) is 1.04. The summed E-state index contributed by atoms with van der Waals surface area (Å²) >= 11 is 0. The summed E-state index contributed by atoms with van der Waals surface area (Å²) in [7, 11) is 0. The van der Waals surface area contributed by atoms with Crippen LogP contribution in [0.3, 0.4) is 0 Å². The first kappa shape index (κ1) is 6.79. The van der Waals surface area contributed by atoms with Gasteiger partial charge in [-0.2, -0.15) is 5.48 Å². The number of aliphatic hydroxyl groups is 1. The zero-order chi connectivity index (χ0) is 7.73. The van der Waals surface area contributed by atoms with Crippen molar-refractivity contribution in [1.82, 2.24) is 5.48 Å². The van der Waals surface area contributed by atoms with Crippen LogP contribution in [0.1, 0.15) is 5.56 Å². The van der Waals surface area contributed by atoms with Gasteiger partial charge in [-0.3, -0.25) is 4.84 Å². The average Bonchev–Trinajstić information content (AvgIpc) is 2.86. The van der Waals surface area contributed by atoms with Crippen LogP contribution in [0.5, 0.6) is 0 Å². The molecule has 1 saturated heterocycles. The minimum Gasteiger partial charge on any atom is -0.391 e. The molecule has 2 N–H and O–H groups in total. The van der Waals surface area contributed by atoms with Crippen LogP contribution in [0.25, 0.3) is 0 Å². The van der Waals surface area contributed by atoms with Gasteiger partial charge in [-0.1, -0.05) is 30.3 Å². The zero-order valence-electron chi connectivity index (χ0n) is 5.95. The summed E-state index contributed by atoms with van der Waals surface area (Å²) in [5.41, 5.74) is 3.01. The Hall–Kier alpha value is -0.900. The molecule has 1 unspecified atom stereocenters. The van der Waals surface area contributed by atoms with Gasteiger partial charge in [0.25, 0.3) is 0 Å². The molecule has 58 valence electrons. The van der Waals surface area contributed by atoms with Crippen LogP contribution >= 0.6 is 0 Å². The number of nitrogens with one attached hydrogen (secondary N) is 1. The van der Waals surface area contributed by atoms with E-state index in [0.29, 0.717) is 0 Å². The normalized spacial score (nSPS) is 28.5. The number of benzene rings is 1. The van der Waals surface area contributed by atoms with Gasteiger partial charge in [0.05, 0.1) is 6.61 Å². The Bertz CT molecular complexity index is 244. The van der Waals surface area contributed by atoms with Crippen molar-refractivity contribution in [3.05, 3.63) is 35.9 Å². The van der Waals surface area contributed by atoms with Gasteiger partial charge < -0.3 is 5.11 Å². The van der Waals surface area contributed by atoms with Gasteiger partial charge >= 0.3 is 0 Å². The highest BCUT2D eigenvalue weighted by Gasteiger charge is 2.46. The minimum atomic E-state index is -0.610. The maximum atomic E-state index is 8.92. The third kappa shape index (κ3) is 1.03. The van der Waals surface area contributed by atoms with E-state index in [1.807, 2.05) is 30.3 Å². The first-order chi connectivity index (χ1) is 5.37. The number of aliphatic hydroxyl groups excluding tert-OH is 1. The van der Waals surface area contributed by atoms with Gasteiger partial charge in [0.2, 0.25) is 5.72 Å². The van der Waals surface area contributed by atoms with E-state index in [-0.39, 0.29) is 6.61 Å². The maximum Gasteiger partial charge on any atom is 0.210 e. The summed E-state index contributed by atoms with van der Waals surface area (Å²) in [6, 6.07) is 9.58. The molecule has 1 aromatic carbocycles. The van der Waals surface area contributed by atoms with Crippen LogP contribution in [0.15, 0.2) is 30.3 Å². The molecule has 0 saturated carbocycles. The molecule has 0 spiro atoms. The molecule has 0 amide bonds. The predicted molar refractivity (Wildman–Crippen MR) is 39.4 cm³/mol. The molecule has 3 nitrogen and oxygen atoms in total. The number of hydrogen-bond donors (Lipinski definition) is 2. The second-order valence-electron chi connectivity index (χ2n) is 2.56. The average molecular weight is 151 g/mol. The number of hydroxylamine groups is 1. The van der Waals surface area contributed by atoms with Crippen molar-refractivity contribution in [2.45, 2.75) is 5.72 Å². The fourth-order valence-electron chi connectivity index (χ4n) is 1.04. The molecule has 1 aromatic rings. The van der Waals surface area contributed by atoms with Crippen LogP contribution in [0.4, 0.5) is 0 Å². The second-order valence-corrected chi connectivity index (χ2v) is 2.56. The lowest BCUT2D eigenvalue weighted by Crippen LogP contribution is -2.17. The van der Waals surface area contributed by atoms with Crippen LogP contribution < -0.4 is 5.48 Å². The topological polar surface area (TPSA) is 54.7 Å². The summed E-state index contributed by atoms with van der Waals surface area (Å²) in [4.78, 5) is 4.93. The lowest BCUT2D eigenvalue weighted by Gasteiger charge is -2.04. The summed E-state index contributed by atoms with van der Waals surface area (Å²) in [6.45, 7) is -0.0307. The molecule has 0 bridgehead atoms. The zero-order valence-corrected chi connectivity index (χ0v) is 5.95. The Balaban J connectivity index is 2.30. The van der Waals surface area contributed by atoms with Gasteiger partial charge in [0, 0.05) is 5.56 Å². The molecule has 2 rings (SSSR count). The standard InChI is InChI=1S/C8H9NO2/c10-6-8(9-11-8)7-4-2-1-3-5-7/h1-5,9-10H,6H2. The molecule has 0 aliphatic carbocycles. The van der Waals surface area contributed by atoms with E-state index in [1.54, 1.807) is 0 Å². The molecule has 3 heteroatoms. The second kappa shape index (κ2) is 2.30. The summed E-state index contributed by atoms with van der Waals surface area (Å²) in [5.74, 6) is 0. The van der Waals surface area contributed by atoms with Crippen molar-refractivity contribution in [3.8, 4) is 0 Å². The third-order valence-electron chi connectivity index (χ3n) is 1.81. The highest BCUT2D eigenvalue weighted by Crippen LogP contribution is 2.31. The molecule has 0 aromatic heterocycles. The number of hydrogen-bond acceptors (Lipinski definition) is 3. The Labute approximate surface area is 64.6 Å². The molecule has 1 heterocycles. The smallest absolute Gasteiger partial charge is 0.210 e.